The maximum Gasteiger partial charge on any atom is 0.253 e. The number of thioether (sulfide) groups is 1. The predicted molar refractivity (Wildman–Crippen MR) is 85.0 cm³/mol. The standard InChI is InChI=1S/C16H21NO2S/c1-4-15(12-20-3)17(2)16(19)14-9-7-13(8-10-14)6-5-11-18/h7-10,15,18H,4,11-12H2,1-3H3. The summed E-state index contributed by atoms with van der Waals surface area (Å²) in [5.74, 6) is 6.38. The molecule has 0 aliphatic carbocycles. The van der Waals surface area contributed by atoms with Crippen molar-refractivity contribution in [1.29, 1.82) is 0 Å². The van der Waals surface area contributed by atoms with Crippen LogP contribution in [0.3, 0.4) is 0 Å². The van der Waals surface area contributed by atoms with Crippen LogP contribution in [0.5, 0.6) is 0 Å². The third-order valence-corrected chi connectivity index (χ3v) is 3.86. The lowest BCUT2D eigenvalue weighted by atomic mass is 10.1. The Balaban J connectivity index is 2.81. The first-order chi connectivity index (χ1) is 9.63. The Hall–Kier alpha value is -1.44. The van der Waals surface area contributed by atoms with Gasteiger partial charge in [0.2, 0.25) is 0 Å². The van der Waals surface area contributed by atoms with E-state index < -0.39 is 0 Å². The number of aliphatic hydroxyl groups is 1. The van der Waals surface area contributed by atoms with Gasteiger partial charge in [-0.3, -0.25) is 4.79 Å². The number of amides is 1. The lowest BCUT2D eigenvalue weighted by molar-refractivity contribution is 0.0743. The molecule has 0 aliphatic heterocycles. The number of hydrogen-bond donors (Lipinski definition) is 1. The number of nitrogens with zero attached hydrogens (tertiary/aromatic N) is 1. The molecule has 0 aromatic heterocycles. The van der Waals surface area contributed by atoms with Crippen molar-refractivity contribution in [3.63, 3.8) is 0 Å². The highest BCUT2D eigenvalue weighted by Crippen LogP contribution is 2.13. The minimum atomic E-state index is -0.156. The molecule has 1 aromatic rings. The van der Waals surface area contributed by atoms with Crippen LogP contribution in [0.2, 0.25) is 0 Å². The van der Waals surface area contributed by atoms with Gasteiger partial charge < -0.3 is 10.0 Å². The Labute approximate surface area is 125 Å². The van der Waals surface area contributed by atoms with Crippen LogP contribution in [-0.2, 0) is 0 Å². The molecule has 0 fully saturated rings. The molecular formula is C16H21NO2S. The van der Waals surface area contributed by atoms with Crippen molar-refractivity contribution in [1.82, 2.24) is 4.90 Å². The molecular weight excluding hydrogens is 270 g/mol. The summed E-state index contributed by atoms with van der Waals surface area (Å²) in [7, 11) is 1.85. The van der Waals surface area contributed by atoms with Crippen molar-refractivity contribution in [2.24, 2.45) is 0 Å². The van der Waals surface area contributed by atoms with Crippen LogP contribution >= 0.6 is 11.8 Å². The Kier molecular flexibility index (Phi) is 7.21. The Morgan fingerprint density at radius 3 is 2.55 bits per heavy atom. The fraction of sp³-hybridized carbons (Fsp3) is 0.438. The highest BCUT2D eigenvalue weighted by Gasteiger charge is 2.19. The monoisotopic (exact) mass is 291 g/mol. The summed E-state index contributed by atoms with van der Waals surface area (Å²) in [5, 5.41) is 8.65. The maximum atomic E-state index is 12.4. The zero-order valence-electron chi connectivity index (χ0n) is 12.2. The molecule has 0 bridgehead atoms. The molecule has 1 aromatic carbocycles. The number of hydrogen-bond acceptors (Lipinski definition) is 3. The van der Waals surface area contributed by atoms with Gasteiger partial charge >= 0.3 is 0 Å². The fourth-order valence-electron chi connectivity index (χ4n) is 1.90. The van der Waals surface area contributed by atoms with E-state index in [1.165, 1.54) is 0 Å². The van der Waals surface area contributed by atoms with Crippen LogP contribution in [-0.4, -0.2) is 47.6 Å². The van der Waals surface area contributed by atoms with Crippen molar-refractivity contribution >= 4 is 17.7 Å². The number of carbonyl (C=O) groups is 1. The van der Waals surface area contributed by atoms with E-state index in [2.05, 4.69) is 25.0 Å². The SMILES string of the molecule is CCC(CSC)N(C)C(=O)c1ccc(C#CCO)cc1. The minimum absolute atomic E-state index is 0.0348. The summed E-state index contributed by atoms with van der Waals surface area (Å²) in [6.45, 7) is 1.94. The second kappa shape index (κ2) is 8.68. The van der Waals surface area contributed by atoms with Gasteiger partial charge in [-0.2, -0.15) is 11.8 Å². The van der Waals surface area contributed by atoms with Crippen molar-refractivity contribution in [2.45, 2.75) is 19.4 Å². The summed E-state index contributed by atoms with van der Waals surface area (Å²) >= 11 is 1.75. The van der Waals surface area contributed by atoms with Gasteiger partial charge in [-0.15, -0.1) is 0 Å². The van der Waals surface area contributed by atoms with Crippen LogP contribution in [0.1, 0.15) is 29.3 Å². The smallest absolute Gasteiger partial charge is 0.253 e. The topological polar surface area (TPSA) is 40.5 Å². The number of aliphatic hydroxyl groups excluding tert-OH is 1. The van der Waals surface area contributed by atoms with E-state index in [0.29, 0.717) is 5.56 Å². The summed E-state index contributed by atoms with van der Waals surface area (Å²) in [4.78, 5) is 14.2. The van der Waals surface area contributed by atoms with E-state index in [1.807, 2.05) is 11.9 Å². The van der Waals surface area contributed by atoms with Crippen molar-refractivity contribution < 1.29 is 9.90 Å². The van der Waals surface area contributed by atoms with E-state index in [4.69, 9.17) is 5.11 Å². The lowest BCUT2D eigenvalue weighted by Crippen LogP contribution is -2.38. The molecule has 3 nitrogen and oxygen atoms in total. The Morgan fingerprint density at radius 2 is 2.05 bits per heavy atom. The largest absolute Gasteiger partial charge is 0.384 e. The van der Waals surface area contributed by atoms with Crippen molar-refractivity contribution in [2.75, 3.05) is 25.7 Å². The molecule has 1 unspecified atom stereocenters. The highest BCUT2D eigenvalue weighted by atomic mass is 32.2. The first-order valence-electron chi connectivity index (χ1n) is 6.59. The third kappa shape index (κ3) is 4.59. The predicted octanol–water partition coefficient (Wildman–Crippen LogP) is 2.24. The molecule has 0 radical (unpaired) electrons. The summed E-state index contributed by atoms with van der Waals surface area (Å²) in [6, 6.07) is 7.43. The van der Waals surface area contributed by atoms with Crippen LogP contribution in [0.15, 0.2) is 24.3 Å². The second-order valence-electron chi connectivity index (χ2n) is 4.47. The number of rotatable bonds is 5. The van der Waals surface area contributed by atoms with E-state index in [0.717, 1.165) is 17.7 Å². The minimum Gasteiger partial charge on any atom is -0.384 e. The molecule has 1 N–H and O–H groups in total. The van der Waals surface area contributed by atoms with Crippen LogP contribution in [0.4, 0.5) is 0 Å². The zero-order valence-corrected chi connectivity index (χ0v) is 13.0. The molecule has 1 atom stereocenters. The molecule has 20 heavy (non-hydrogen) atoms. The summed E-state index contributed by atoms with van der Waals surface area (Å²) < 4.78 is 0. The van der Waals surface area contributed by atoms with Gasteiger partial charge in [0.15, 0.2) is 0 Å². The molecule has 1 rings (SSSR count). The zero-order chi connectivity index (χ0) is 15.0. The second-order valence-corrected chi connectivity index (χ2v) is 5.38. The fourth-order valence-corrected chi connectivity index (χ4v) is 2.75. The molecule has 0 saturated carbocycles. The first-order valence-corrected chi connectivity index (χ1v) is 7.99. The Bertz CT molecular complexity index is 487. The third-order valence-electron chi connectivity index (χ3n) is 3.14. The van der Waals surface area contributed by atoms with Gasteiger partial charge in [0.1, 0.15) is 6.61 Å². The summed E-state index contributed by atoms with van der Waals surface area (Å²) in [6.07, 6.45) is 3.00. The number of benzene rings is 1. The molecule has 0 aliphatic rings. The number of carbonyl (C=O) groups excluding carboxylic acids is 1. The normalized spacial score (nSPS) is 11.4. The Morgan fingerprint density at radius 1 is 1.40 bits per heavy atom. The maximum absolute atomic E-state index is 12.4. The van der Waals surface area contributed by atoms with E-state index in [9.17, 15) is 4.79 Å². The van der Waals surface area contributed by atoms with Crippen molar-refractivity contribution in [3.8, 4) is 11.8 Å². The van der Waals surface area contributed by atoms with E-state index >= 15 is 0 Å². The van der Waals surface area contributed by atoms with Gasteiger partial charge in [0, 0.05) is 30.0 Å². The van der Waals surface area contributed by atoms with Crippen LogP contribution in [0.25, 0.3) is 0 Å². The molecule has 4 heteroatoms. The van der Waals surface area contributed by atoms with Gasteiger partial charge in [-0.25, -0.2) is 0 Å². The lowest BCUT2D eigenvalue weighted by Gasteiger charge is -2.26. The summed E-state index contributed by atoms with van der Waals surface area (Å²) in [5.41, 5.74) is 1.47. The van der Waals surface area contributed by atoms with E-state index in [-0.39, 0.29) is 18.6 Å². The molecule has 0 spiro atoms. The van der Waals surface area contributed by atoms with Gasteiger partial charge in [0.25, 0.3) is 5.91 Å². The molecule has 0 saturated heterocycles. The average Bonchev–Trinajstić information content (AvgIpc) is 2.49. The highest BCUT2D eigenvalue weighted by molar-refractivity contribution is 7.98. The molecule has 108 valence electrons. The van der Waals surface area contributed by atoms with Gasteiger partial charge in [-0.1, -0.05) is 18.8 Å². The first kappa shape index (κ1) is 16.6. The molecule has 1 amide bonds. The van der Waals surface area contributed by atoms with Gasteiger partial charge in [-0.05, 0) is 36.9 Å². The quantitative estimate of drug-likeness (QED) is 0.846. The van der Waals surface area contributed by atoms with Crippen molar-refractivity contribution in [3.05, 3.63) is 35.4 Å². The molecule has 0 heterocycles. The van der Waals surface area contributed by atoms with Gasteiger partial charge in [0.05, 0.1) is 0 Å². The van der Waals surface area contributed by atoms with E-state index in [1.54, 1.807) is 36.0 Å². The van der Waals surface area contributed by atoms with Crippen LogP contribution in [0, 0.1) is 11.8 Å². The average molecular weight is 291 g/mol. The van der Waals surface area contributed by atoms with Crippen LogP contribution < -0.4 is 0 Å².